The molecule has 0 aliphatic heterocycles. The van der Waals surface area contributed by atoms with E-state index < -0.39 is 0 Å². The molecule has 1 aromatic heterocycles. The maximum atomic E-state index is 4.32. The summed E-state index contributed by atoms with van der Waals surface area (Å²) in [4.78, 5) is 0. The van der Waals surface area contributed by atoms with Gasteiger partial charge in [-0.25, -0.2) is 0 Å². The Morgan fingerprint density at radius 3 is 2.85 bits per heavy atom. The van der Waals surface area contributed by atoms with Gasteiger partial charge < -0.3 is 5.32 Å². The molecule has 3 saturated carbocycles. The van der Waals surface area contributed by atoms with Crippen molar-refractivity contribution in [3.63, 3.8) is 0 Å². The zero-order valence-electron chi connectivity index (χ0n) is 12.6. The van der Waals surface area contributed by atoms with E-state index in [1.165, 1.54) is 63.6 Å². The fourth-order valence-corrected chi connectivity index (χ4v) is 4.83. The normalized spacial score (nSPS) is 35.9. The van der Waals surface area contributed by atoms with Gasteiger partial charge in [-0.05, 0) is 68.3 Å². The lowest BCUT2D eigenvalue weighted by Gasteiger charge is -2.38. The summed E-state index contributed by atoms with van der Waals surface area (Å²) < 4.78 is 2.05. The van der Waals surface area contributed by atoms with Crippen molar-refractivity contribution in [3.8, 4) is 0 Å². The van der Waals surface area contributed by atoms with Crippen LogP contribution < -0.4 is 5.32 Å². The van der Waals surface area contributed by atoms with Crippen molar-refractivity contribution in [1.29, 1.82) is 0 Å². The van der Waals surface area contributed by atoms with Gasteiger partial charge in [0.2, 0.25) is 0 Å². The molecule has 3 atom stereocenters. The highest BCUT2D eigenvalue weighted by atomic mass is 15.2. The Kier molecular flexibility index (Phi) is 3.13. The predicted octanol–water partition coefficient (Wildman–Crippen LogP) is 2.91. The first-order chi connectivity index (χ1) is 9.75. The van der Waals surface area contributed by atoms with Gasteiger partial charge in [0.25, 0.3) is 0 Å². The third-order valence-electron chi connectivity index (χ3n) is 6.22. The number of hydrogen-bond acceptors (Lipinski definition) is 2. The van der Waals surface area contributed by atoms with E-state index in [2.05, 4.69) is 28.2 Å². The van der Waals surface area contributed by atoms with Crippen molar-refractivity contribution in [2.75, 3.05) is 6.54 Å². The molecule has 0 saturated heterocycles. The van der Waals surface area contributed by atoms with Crippen molar-refractivity contribution in [3.05, 3.63) is 18.0 Å². The smallest absolute Gasteiger partial charge is 0.0492 e. The molecular formula is C17H27N3. The third kappa shape index (κ3) is 2.30. The van der Waals surface area contributed by atoms with Crippen LogP contribution in [0.2, 0.25) is 0 Å². The molecule has 0 aromatic carbocycles. The lowest BCUT2D eigenvalue weighted by Crippen LogP contribution is -2.40. The molecule has 0 radical (unpaired) electrons. The highest BCUT2D eigenvalue weighted by Crippen LogP contribution is 2.57. The second-order valence-electron chi connectivity index (χ2n) is 7.54. The Balaban J connectivity index is 1.45. The Bertz CT molecular complexity index is 476. The third-order valence-corrected chi connectivity index (χ3v) is 6.22. The average molecular weight is 273 g/mol. The van der Waals surface area contributed by atoms with Crippen molar-refractivity contribution in [2.24, 2.45) is 24.3 Å². The van der Waals surface area contributed by atoms with Gasteiger partial charge in [0, 0.05) is 31.5 Å². The number of nitrogens with zero attached hydrogens (tertiary/aromatic N) is 2. The minimum absolute atomic E-state index is 0.593. The zero-order valence-corrected chi connectivity index (χ0v) is 12.6. The predicted molar refractivity (Wildman–Crippen MR) is 80.4 cm³/mol. The molecule has 3 aliphatic carbocycles. The summed E-state index contributed by atoms with van der Waals surface area (Å²) in [5.41, 5.74) is 1.99. The summed E-state index contributed by atoms with van der Waals surface area (Å²) in [5, 5.41) is 8.16. The lowest BCUT2D eigenvalue weighted by atomic mass is 9.70. The van der Waals surface area contributed by atoms with Gasteiger partial charge in [0.05, 0.1) is 0 Å². The van der Waals surface area contributed by atoms with Crippen molar-refractivity contribution >= 4 is 0 Å². The average Bonchev–Trinajstić information content (AvgIpc) is 2.86. The Morgan fingerprint density at radius 2 is 2.25 bits per heavy atom. The standard InChI is InChI=1S/C17H27N3/c1-20-16(7-9-19-20)6-8-17(12-18-15-4-5-15)11-13-2-3-14(17)10-13/h7,9,13-15,18H,2-6,8,10-12H2,1H3. The molecule has 1 aromatic rings. The fraction of sp³-hybridized carbons (Fsp3) is 0.824. The van der Waals surface area contributed by atoms with Crippen molar-refractivity contribution in [1.82, 2.24) is 15.1 Å². The maximum absolute atomic E-state index is 4.32. The van der Waals surface area contributed by atoms with Gasteiger partial charge in [0.15, 0.2) is 0 Å². The van der Waals surface area contributed by atoms with Crippen LogP contribution in [-0.4, -0.2) is 22.4 Å². The zero-order chi connectivity index (χ0) is 13.6. The summed E-state index contributed by atoms with van der Waals surface area (Å²) in [6, 6.07) is 3.04. The summed E-state index contributed by atoms with van der Waals surface area (Å²) in [7, 11) is 2.07. The molecule has 3 nitrogen and oxygen atoms in total. The van der Waals surface area contributed by atoms with Gasteiger partial charge in [-0.1, -0.05) is 6.42 Å². The fourth-order valence-electron chi connectivity index (χ4n) is 4.83. The number of nitrogens with one attached hydrogen (secondary N) is 1. The molecule has 0 amide bonds. The molecule has 3 unspecified atom stereocenters. The van der Waals surface area contributed by atoms with E-state index in [1.54, 1.807) is 0 Å². The van der Waals surface area contributed by atoms with Crippen LogP contribution in [0.1, 0.15) is 50.6 Å². The van der Waals surface area contributed by atoms with E-state index in [9.17, 15) is 0 Å². The molecule has 3 fully saturated rings. The second-order valence-corrected chi connectivity index (χ2v) is 7.54. The molecule has 20 heavy (non-hydrogen) atoms. The van der Waals surface area contributed by atoms with Crippen LogP contribution in [0.15, 0.2) is 12.3 Å². The van der Waals surface area contributed by atoms with Gasteiger partial charge in [-0.15, -0.1) is 0 Å². The number of aryl methyl sites for hydroxylation is 2. The second kappa shape index (κ2) is 4.87. The van der Waals surface area contributed by atoms with Gasteiger partial charge in [0.1, 0.15) is 0 Å². The van der Waals surface area contributed by atoms with Gasteiger partial charge in [-0.2, -0.15) is 5.10 Å². The van der Waals surface area contributed by atoms with Crippen molar-refractivity contribution in [2.45, 2.75) is 57.4 Å². The van der Waals surface area contributed by atoms with E-state index in [1.807, 2.05) is 6.20 Å². The van der Waals surface area contributed by atoms with Crippen LogP contribution in [0.4, 0.5) is 0 Å². The Labute approximate surface area is 122 Å². The number of hydrogen-bond donors (Lipinski definition) is 1. The molecule has 4 rings (SSSR count). The van der Waals surface area contributed by atoms with E-state index in [4.69, 9.17) is 0 Å². The highest BCUT2D eigenvalue weighted by Gasteiger charge is 2.50. The summed E-state index contributed by atoms with van der Waals surface area (Å²) in [6.45, 7) is 1.27. The molecule has 1 N–H and O–H groups in total. The quantitative estimate of drug-likeness (QED) is 0.863. The van der Waals surface area contributed by atoms with Crippen LogP contribution in [0.3, 0.4) is 0 Å². The Hall–Kier alpha value is -0.830. The number of rotatable bonds is 6. The first-order valence-electron chi connectivity index (χ1n) is 8.45. The van der Waals surface area contributed by atoms with E-state index in [-0.39, 0.29) is 0 Å². The molecule has 1 heterocycles. The summed E-state index contributed by atoms with van der Waals surface area (Å²) in [5.74, 6) is 2.03. The number of aromatic nitrogens is 2. The van der Waals surface area contributed by atoms with E-state index >= 15 is 0 Å². The first kappa shape index (κ1) is 12.9. The molecule has 3 heteroatoms. The molecule has 3 aliphatic rings. The SMILES string of the molecule is Cn1nccc1CCC1(CNC2CC2)CC2CCC1C2. The van der Waals surface area contributed by atoms with Crippen LogP contribution in [0, 0.1) is 17.3 Å². The minimum Gasteiger partial charge on any atom is -0.313 e. The molecular weight excluding hydrogens is 246 g/mol. The van der Waals surface area contributed by atoms with Crippen molar-refractivity contribution < 1.29 is 0 Å². The maximum Gasteiger partial charge on any atom is 0.0492 e. The summed E-state index contributed by atoms with van der Waals surface area (Å²) >= 11 is 0. The van der Waals surface area contributed by atoms with Crippen LogP contribution in [-0.2, 0) is 13.5 Å². The van der Waals surface area contributed by atoms with Crippen LogP contribution in [0.5, 0.6) is 0 Å². The van der Waals surface area contributed by atoms with Crippen LogP contribution >= 0.6 is 0 Å². The highest BCUT2D eigenvalue weighted by molar-refractivity contribution is 5.06. The van der Waals surface area contributed by atoms with Crippen LogP contribution in [0.25, 0.3) is 0 Å². The molecule has 110 valence electrons. The lowest BCUT2D eigenvalue weighted by molar-refractivity contribution is 0.141. The summed E-state index contributed by atoms with van der Waals surface area (Å²) in [6.07, 6.45) is 13.3. The first-order valence-corrected chi connectivity index (χ1v) is 8.45. The molecule has 0 spiro atoms. The largest absolute Gasteiger partial charge is 0.313 e. The Morgan fingerprint density at radius 1 is 1.35 bits per heavy atom. The topological polar surface area (TPSA) is 29.9 Å². The van der Waals surface area contributed by atoms with Gasteiger partial charge >= 0.3 is 0 Å². The van der Waals surface area contributed by atoms with Gasteiger partial charge in [-0.3, -0.25) is 4.68 Å². The molecule has 2 bridgehead atoms. The number of fused-ring (bicyclic) bond motifs is 2. The van der Waals surface area contributed by atoms with E-state index in [0.717, 1.165) is 17.9 Å². The monoisotopic (exact) mass is 273 g/mol. The van der Waals surface area contributed by atoms with E-state index in [0.29, 0.717) is 5.41 Å². The minimum atomic E-state index is 0.593.